The normalized spacial score (nSPS) is 11.9. The molecule has 1 rings (SSSR count). The predicted octanol–water partition coefficient (Wildman–Crippen LogP) is 2.33. The fourth-order valence-electron chi connectivity index (χ4n) is 1.46. The summed E-state index contributed by atoms with van der Waals surface area (Å²) in [5.74, 6) is -1.27. The van der Waals surface area contributed by atoms with E-state index in [1.54, 1.807) is 6.07 Å². The van der Waals surface area contributed by atoms with Gasteiger partial charge in [0.15, 0.2) is 0 Å². The Labute approximate surface area is 120 Å². The largest absolute Gasteiger partial charge is 0.478 e. The number of hydrogen-bond donors (Lipinski definition) is 3. The molecule has 6 heteroatoms. The van der Waals surface area contributed by atoms with E-state index in [0.29, 0.717) is 16.7 Å². The number of halogens is 1. The number of carboxylic acid groups (broad SMARTS) is 1. The molecule has 0 aliphatic heterocycles. The number of benzene rings is 1. The Morgan fingerprint density at radius 3 is 2.63 bits per heavy atom. The molecule has 1 amide bonds. The van der Waals surface area contributed by atoms with Crippen LogP contribution in [0.2, 0.25) is 0 Å². The highest BCUT2D eigenvalue weighted by atomic mass is 79.9. The van der Waals surface area contributed by atoms with Gasteiger partial charge in [0, 0.05) is 16.9 Å². The second-order valence-electron chi connectivity index (χ2n) is 4.20. The lowest BCUT2D eigenvalue weighted by Crippen LogP contribution is -2.30. The van der Waals surface area contributed by atoms with Gasteiger partial charge in [0.05, 0.1) is 11.3 Å². The number of rotatable bonds is 6. The van der Waals surface area contributed by atoms with Gasteiger partial charge in [0.1, 0.15) is 0 Å². The van der Waals surface area contributed by atoms with Gasteiger partial charge in [-0.1, -0.05) is 13.8 Å². The van der Waals surface area contributed by atoms with Crippen molar-refractivity contribution in [1.29, 1.82) is 0 Å². The molecule has 0 aliphatic rings. The first kappa shape index (κ1) is 15.7. The average Bonchev–Trinajstić information content (AvgIpc) is 2.37. The molecule has 0 saturated heterocycles. The molecule has 0 fully saturated rings. The van der Waals surface area contributed by atoms with E-state index in [4.69, 9.17) is 5.11 Å². The van der Waals surface area contributed by atoms with Gasteiger partial charge in [-0.2, -0.15) is 0 Å². The molecule has 1 aromatic rings. The molecule has 0 spiro atoms. The molecule has 1 aromatic carbocycles. The molecule has 19 heavy (non-hydrogen) atoms. The van der Waals surface area contributed by atoms with Gasteiger partial charge in [-0.3, -0.25) is 4.79 Å². The van der Waals surface area contributed by atoms with Crippen molar-refractivity contribution in [2.24, 2.45) is 5.92 Å². The highest BCUT2D eigenvalue weighted by Crippen LogP contribution is 2.24. The number of carbonyl (C=O) groups excluding carboxylic acids is 1. The van der Waals surface area contributed by atoms with Crippen molar-refractivity contribution in [3.8, 4) is 0 Å². The fourth-order valence-corrected chi connectivity index (χ4v) is 1.94. The summed E-state index contributed by atoms with van der Waals surface area (Å²) >= 11 is 3.25. The molecule has 0 bridgehead atoms. The lowest BCUT2D eigenvalue weighted by Gasteiger charge is -2.13. The molecule has 5 nitrogen and oxygen atoms in total. The number of anilines is 1. The smallest absolute Gasteiger partial charge is 0.335 e. The van der Waals surface area contributed by atoms with Crippen LogP contribution in [-0.4, -0.2) is 30.1 Å². The van der Waals surface area contributed by atoms with Crippen LogP contribution < -0.4 is 10.6 Å². The van der Waals surface area contributed by atoms with Crippen LogP contribution in [0.5, 0.6) is 0 Å². The summed E-state index contributed by atoms with van der Waals surface area (Å²) < 4.78 is 0.552. The van der Waals surface area contributed by atoms with Crippen LogP contribution in [0.25, 0.3) is 0 Å². The lowest BCUT2D eigenvalue weighted by molar-refractivity contribution is -0.119. The monoisotopic (exact) mass is 328 g/mol. The summed E-state index contributed by atoms with van der Waals surface area (Å²) in [6.45, 7) is 5.23. The summed E-state index contributed by atoms with van der Waals surface area (Å²) in [6.07, 6.45) is 0. The van der Waals surface area contributed by atoms with Crippen LogP contribution in [0.15, 0.2) is 22.7 Å². The van der Waals surface area contributed by atoms with Gasteiger partial charge in [0.2, 0.25) is 5.91 Å². The highest BCUT2D eigenvalue weighted by molar-refractivity contribution is 9.10. The van der Waals surface area contributed by atoms with Crippen molar-refractivity contribution < 1.29 is 14.7 Å². The van der Waals surface area contributed by atoms with Gasteiger partial charge >= 0.3 is 5.97 Å². The summed E-state index contributed by atoms with van der Waals surface area (Å²) in [6, 6.07) is 4.50. The third-order valence-corrected chi connectivity index (χ3v) is 3.28. The van der Waals surface area contributed by atoms with E-state index in [9.17, 15) is 9.59 Å². The first-order valence-electron chi connectivity index (χ1n) is 6.00. The van der Waals surface area contributed by atoms with Crippen molar-refractivity contribution >= 4 is 33.5 Å². The van der Waals surface area contributed by atoms with E-state index in [2.05, 4.69) is 26.6 Å². The maximum absolute atomic E-state index is 11.9. The van der Waals surface area contributed by atoms with E-state index in [0.717, 1.165) is 6.54 Å². The first-order valence-corrected chi connectivity index (χ1v) is 6.79. The minimum Gasteiger partial charge on any atom is -0.478 e. The van der Waals surface area contributed by atoms with Crippen LogP contribution in [-0.2, 0) is 4.79 Å². The number of carbonyl (C=O) groups is 2. The molecule has 0 radical (unpaired) electrons. The van der Waals surface area contributed by atoms with Crippen molar-refractivity contribution in [2.75, 3.05) is 18.4 Å². The number of hydrogen-bond acceptors (Lipinski definition) is 3. The summed E-state index contributed by atoms with van der Waals surface area (Å²) in [4.78, 5) is 22.7. The molecule has 0 heterocycles. The number of carboxylic acids is 1. The predicted molar refractivity (Wildman–Crippen MR) is 77.4 cm³/mol. The quantitative estimate of drug-likeness (QED) is 0.748. The molecule has 104 valence electrons. The Hall–Kier alpha value is -1.40. The summed E-state index contributed by atoms with van der Waals surface area (Å²) in [5, 5.41) is 14.7. The third-order valence-electron chi connectivity index (χ3n) is 2.62. The number of nitrogens with one attached hydrogen (secondary N) is 2. The maximum Gasteiger partial charge on any atom is 0.335 e. The van der Waals surface area contributed by atoms with E-state index in [-0.39, 0.29) is 17.4 Å². The van der Waals surface area contributed by atoms with Gasteiger partial charge in [-0.15, -0.1) is 0 Å². The summed E-state index contributed by atoms with van der Waals surface area (Å²) in [5.41, 5.74) is 0.740. The molecular weight excluding hydrogens is 312 g/mol. The zero-order valence-electron chi connectivity index (χ0n) is 10.9. The van der Waals surface area contributed by atoms with Crippen LogP contribution in [0.4, 0.5) is 5.69 Å². The van der Waals surface area contributed by atoms with Crippen molar-refractivity contribution in [1.82, 2.24) is 5.32 Å². The molecule has 3 N–H and O–H groups in total. The van der Waals surface area contributed by atoms with E-state index < -0.39 is 5.97 Å². The molecule has 1 unspecified atom stereocenters. The second-order valence-corrected chi connectivity index (χ2v) is 5.05. The topological polar surface area (TPSA) is 78.4 Å². The summed E-state index contributed by atoms with van der Waals surface area (Å²) in [7, 11) is 0. The number of amides is 1. The zero-order chi connectivity index (χ0) is 14.4. The van der Waals surface area contributed by atoms with Crippen LogP contribution in [0.1, 0.15) is 24.2 Å². The van der Waals surface area contributed by atoms with Crippen LogP contribution in [0, 0.1) is 5.92 Å². The van der Waals surface area contributed by atoms with Gasteiger partial charge in [0.25, 0.3) is 0 Å². The van der Waals surface area contributed by atoms with Gasteiger partial charge < -0.3 is 15.7 Å². The Morgan fingerprint density at radius 2 is 2.11 bits per heavy atom. The van der Waals surface area contributed by atoms with Crippen molar-refractivity contribution in [3.63, 3.8) is 0 Å². The average molecular weight is 329 g/mol. The minimum absolute atomic E-state index is 0.107. The first-order chi connectivity index (χ1) is 8.95. The van der Waals surface area contributed by atoms with E-state index in [1.165, 1.54) is 12.1 Å². The third kappa shape index (κ3) is 4.65. The van der Waals surface area contributed by atoms with Crippen LogP contribution in [0.3, 0.4) is 0 Å². The molecule has 0 saturated carbocycles. The Balaban J connectivity index is 2.72. The molecule has 0 aromatic heterocycles. The van der Waals surface area contributed by atoms with E-state index >= 15 is 0 Å². The SMILES string of the molecule is CCNCC(C)C(=O)Nc1ccc(C(=O)O)cc1Br. The van der Waals surface area contributed by atoms with Crippen molar-refractivity contribution in [3.05, 3.63) is 28.2 Å². The maximum atomic E-state index is 11.9. The second kappa shape index (κ2) is 7.25. The highest BCUT2D eigenvalue weighted by Gasteiger charge is 2.14. The Morgan fingerprint density at radius 1 is 1.42 bits per heavy atom. The Bertz CT molecular complexity index is 477. The van der Waals surface area contributed by atoms with Gasteiger partial charge in [-0.05, 0) is 40.7 Å². The number of aromatic carboxylic acids is 1. The molecular formula is C13H17BrN2O3. The molecule has 0 aliphatic carbocycles. The van der Waals surface area contributed by atoms with E-state index in [1.807, 2.05) is 13.8 Å². The van der Waals surface area contributed by atoms with Crippen LogP contribution >= 0.6 is 15.9 Å². The molecule has 1 atom stereocenters. The zero-order valence-corrected chi connectivity index (χ0v) is 12.5. The lowest BCUT2D eigenvalue weighted by atomic mass is 10.1. The standard InChI is InChI=1S/C13H17BrN2O3/c1-3-15-7-8(2)12(17)16-11-5-4-9(13(18)19)6-10(11)14/h4-6,8,15H,3,7H2,1-2H3,(H,16,17)(H,18,19). The van der Waals surface area contributed by atoms with Crippen molar-refractivity contribution in [2.45, 2.75) is 13.8 Å². The Kier molecular flexibility index (Phi) is 5.98. The fraction of sp³-hybridized carbons (Fsp3) is 0.385. The minimum atomic E-state index is -1.00. The van der Waals surface area contributed by atoms with Gasteiger partial charge in [-0.25, -0.2) is 4.79 Å².